The molecule has 3 rings (SSSR count). The van der Waals surface area contributed by atoms with E-state index in [0.717, 1.165) is 5.39 Å². The molecule has 0 bridgehead atoms. The Morgan fingerprint density at radius 1 is 1.12 bits per heavy atom. The van der Waals surface area contributed by atoms with Gasteiger partial charge in [0.2, 0.25) is 5.76 Å². The van der Waals surface area contributed by atoms with E-state index in [1.807, 2.05) is 6.07 Å². The van der Waals surface area contributed by atoms with E-state index in [1.165, 1.54) is 25.1 Å². The first kappa shape index (κ1) is 15.7. The van der Waals surface area contributed by atoms with Crippen LogP contribution in [-0.2, 0) is 9.53 Å². The van der Waals surface area contributed by atoms with Crippen LogP contribution in [0.25, 0.3) is 11.0 Å². The molecule has 6 heteroatoms. The summed E-state index contributed by atoms with van der Waals surface area (Å²) in [6.45, 7) is 1.40. The zero-order chi connectivity index (χ0) is 17.1. The van der Waals surface area contributed by atoms with E-state index in [0.29, 0.717) is 5.58 Å². The molecule has 0 aliphatic rings. The number of amides is 1. The van der Waals surface area contributed by atoms with Crippen molar-refractivity contribution in [2.45, 2.75) is 13.0 Å². The van der Waals surface area contributed by atoms with Crippen LogP contribution in [0, 0.1) is 5.82 Å². The number of para-hydroxylation sites is 2. The second-order valence-electron chi connectivity index (χ2n) is 5.17. The maximum absolute atomic E-state index is 13.5. The smallest absolute Gasteiger partial charge is 0.375 e. The Hall–Kier alpha value is -3.15. The quantitative estimate of drug-likeness (QED) is 0.741. The highest BCUT2D eigenvalue weighted by atomic mass is 19.1. The molecule has 0 saturated carbocycles. The van der Waals surface area contributed by atoms with E-state index in [9.17, 15) is 14.0 Å². The van der Waals surface area contributed by atoms with E-state index in [2.05, 4.69) is 5.32 Å². The second kappa shape index (κ2) is 6.54. The lowest BCUT2D eigenvalue weighted by molar-refractivity contribution is -0.123. The average Bonchev–Trinajstić information content (AvgIpc) is 3.01. The van der Waals surface area contributed by atoms with Gasteiger partial charge in [-0.15, -0.1) is 0 Å². The van der Waals surface area contributed by atoms with Gasteiger partial charge < -0.3 is 14.5 Å². The first-order valence-electron chi connectivity index (χ1n) is 7.29. The number of anilines is 1. The number of fused-ring (bicyclic) bond motifs is 1. The van der Waals surface area contributed by atoms with Crippen molar-refractivity contribution in [2.24, 2.45) is 0 Å². The first-order valence-corrected chi connectivity index (χ1v) is 7.29. The number of esters is 1. The molecule has 5 nitrogen and oxygen atoms in total. The van der Waals surface area contributed by atoms with E-state index < -0.39 is 23.8 Å². The molecule has 0 saturated heterocycles. The standard InChI is InChI=1S/C18H14FNO4/c1-11(17(21)20-14-8-4-3-7-13(14)19)23-18(22)16-10-12-6-2-5-9-15(12)24-16/h2-11H,1H3,(H,20,21). The number of carbonyl (C=O) groups is 2. The Balaban J connectivity index is 1.67. The molecule has 1 amide bonds. The van der Waals surface area contributed by atoms with Gasteiger partial charge in [-0.3, -0.25) is 4.79 Å². The van der Waals surface area contributed by atoms with Crippen LogP contribution in [0.4, 0.5) is 10.1 Å². The molecule has 24 heavy (non-hydrogen) atoms. The van der Waals surface area contributed by atoms with Crippen LogP contribution < -0.4 is 5.32 Å². The number of benzene rings is 2. The molecule has 0 aliphatic carbocycles. The molecule has 1 N–H and O–H groups in total. The third-order valence-electron chi connectivity index (χ3n) is 3.41. The maximum Gasteiger partial charge on any atom is 0.375 e. The van der Waals surface area contributed by atoms with Crippen molar-refractivity contribution in [3.8, 4) is 0 Å². The van der Waals surface area contributed by atoms with Crippen LogP contribution in [0.3, 0.4) is 0 Å². The first-order chi connectivity index (χ1) is 11.5. The highest BCUT2D eigenvalue weighted by molar-refractivity contribution is 5.98. The minimum absolute atomic E-state index is 0.00161. The number of halogens is 1. The summed E-state index contributed by atoms with van der Waals surface area (Å²) in [6, 6.07) is 14.4. The highest BCUT2D eigenvalue weighted by Gasteiger charge is 2.22. The fourth-order valence-electron chi connectivity index (χ4n) is 2.15. The molecule has 3 aromatic rings. The average molecular weight is 327 g/mol. The fraction of sp³-hybridized carbons (Fsp3) is 0.111. The van der Waals surface area contributed by atoms with Crippen molar-refractivity contribution in [3.05, 3.63) is 66.2 Å². The van der Waals surface area contributed by atoms with E-state index in [-0.39, 0.29) is 11.4 Å². The van der Waals surface area contributed by atoms with Gasteiger partial charge in [0.25, 0.3) is 5.91 Å². The normalized spacial score (nSPS) is 11.9. The molecule has 1 heterocycles. The number of carbonyl (C=O) groups excluding carboxylic acids is 2. The zero-order valence-corrected chi connectivity index (χ0v) is 12.8. The summed E-state index contributed by atoms with van der Waals surface area (Å²) in [4.78, 5) is 24.1. The van der Waals surface area contributed by atoms with Crippen LogP contribution in [0.1, 0.15) is 17.5 Å². The lowest BCUT2D eigenvalue weighted by Crippen LogP contribution is -2.30. The maximum atomic E-state index is 13.5. The van der Waals surface area contributed by atoms with Crippen LogP contribution in [0.15, 0.2) is 59.0 Å². The molecule has 0 aliphatic heterocycles. The van der Waals surface area contributed by atoms with Crippen molar-refractivity contribution < 1.29 is 23.1 Å². The van der Waals surface area contributed by atoms with Crippen LogP contribution in [0.5, 0.6) is 0 Å². The summed E-state index contributed by atoms with van der Waals surface area (Å²) in [7, 11) is 0. The Bertz CT molecular complexity index is 870. The van der Waals surface area contributed by atoms with Crippen molar-refractivity contribution in [1.29, 1.82) is 0 Å². The second-order valence-corrected chi connectivity index (χ2v) is 5.17. The third-order valence-corrected chi connectivity index (χ3v) is 3.41. The minimum Gasteiger partial charge on any atom is -0.449 e. The Morgan fingerprint density at radius 2 is 1.83 bits per heavy atom. The number of hydrogen-bond donors (Lipinski definition) is 1. The number of furan rings is 1. The van der Waals surface area contributed by atoms with Crippen LogP contribution in [0.2, 0.25) is 0 Å². The highest BCUT2D eigenvalue weighted by Crippen LogP contribution is 2.20. The molecule has 1 aromatic heterocycles. The van der Waals surface area contributed by atoms with Gasteiger partial charge in [-0.2, -0.15) is 0 Å². The largest absolute Gasteiger partial charge is 0.449 e. The van der Waals surface area contributed by atoms with Gasteiger partial charge in [0.05, 0.1) is 5.69 Å². The number of rotatable bonds is 4. The van der Waals surface area contributed by atoms with Crippen molar-refractivity contribution in [2.75, 3.05) is 5.32 Å². The predicted molar refractivity (Wildman–Crippen MR) is 86.1 cm³/mol. The molecule has 0 spiro atoms. The lowest BCUT2D eigenvalue weighted by atomic mass is 10.2. The summed E-state index contributed by atoms with van der Waals surface area (Å²) >= 11 is 0. The van der Waals surface area contributed by atoms with Gasteiger partial charge in [-0.05, 0) is 31.2 Å². The van der Waals surface area contributed by atoms with E-state index >= 15 is 0 Å². The Labute approximate surface area is 137 Å². The van der Waals surface area contributed by atoms with Gasteiger partial charge in [0.15, 0.2) is 6.10 Å². The minimum atomic E-state index is -1.11. The van der Waals surface area contributed by atoms with Gasteiger partial charge >= 0.3 is 5.97 Å². The van der Waals surface area contributed by atoms with Crippen LogP contribution >= 0.6 is 0 Å². The SMILES string of the molecule is CC(OC(=O)c1cc2ccccc2o1)C(=O)Nc1ccccc1F. The van der Waals surface area contributed by atoms with Crippen molar-refractivity contribution >= 4 is 28.5 Å². The molecule has 2 aromatic carbocycles. The molecule has 1 unspecified atom stereocenters. The summed E-state index contributed by atoms with van der Waals surface area (Å²) in [5, 5.41) is 3.13. The molecular formula is C18H14FNO4. The van der Waals surface area contributed by atoms with E-state index in [1.54, 1.807) is 30.3 Å². The predicted octanol–water partition coefficient (Wildman–Crippen LogP) is 3.76. The molecule has 122 valence electrons. The van der Waals surface area contributed by atoms with Gasteiger partial charge in [-0.25, -0.2) is 9.18 Å². The van der Waals surface area contributed by atoms with Gasteiger partial charge in [0, 0.05) is 5.39 Å². The number of ether oxygens (including phenoxy) is 1. The topological polar surface area (TPSA) is 68.5 Å². The number of hydrogen-bond acceptors (Lipinski definition) is 4. The van der Waals surface area contributed by atoms with Crippen LogP contribution in [-0.4, -0.2) is 18.0 Å². The summed E-state index contributed by atoms with van der Waals surface area (Å²) in [5.74, 6) is -1.96. The lowest BCUT2D eigenvalue weighted by Gasteiger charge is -2.13. The third kappa shape index (κ3) is 3.27. The summed E-state index contributed by atoms with van der Waals surface area (Å²) in [5.41, 5.74) is 0.571. The Morgan fingerprint density at radius 3 is 2.58 bits per heavy atom. The van der Waals surface area contributed by atoms with E-state index in [4.69, 9.17) is 9.15 Å². The summed E-state index contributed by atoms with van der Waals surface area (Å²) in [6.07, 6.45) is -1.11. The summed E-state index contributed by atoms with van der Waals surface area (Å²) < 4.78 is 24.0. The molecular weight excluding hydrogens is 313 g/mol. The van der Waals surface area contributed by atoms with Gasteiger partial charge in [0.1, 0.15) is 11.4 Å². The molecule has 0 radical (unpaired) electrons. The number of nitrogens with one attached hydrogen (secondary N) is 1. The zero-order valence-electron chi connectivity index (χ0n) is 12.8. The monoisotopic (exact) mass is 327 g/mol. The van der Waals surface area contributed by atoms with Crippen molar-refractivity contribution in [3.63, 3.8) is 0 Å². The molecule has 1 atom stereocenters. The van der Waals surface area contributed by atoms with Gasteiger partial charge in [-0.1, -0.05) is 30.3 Å². The molecule has 0 fully saturated rings. The fourth-order valence-corrected chi connectivity index (χ4v) is 2.15. The Kier molecular flexibility index (Phi) is 4.29. The van der Waals surface area contributed by atoms with Crippen molar-refractivity contribution in [1.82, 2.24) is 0 Å².